The lowest BCUT2D eigenvalue weighted by atomic mass is 10.1. The van der Waals surface area contributed by atoms with E-state index in [9.17, 15) is 9.90 Å². The Morgan fingerprint density at radius 2 is 2.19 bits per heavy atom. The van der Waals surface area contributed by atoms with Gasteiger partial charge in [-0.05, 0) is 48.4 Å². The number of aliphatic hydroxyl groups excluding tert-OH is 1. The van der Waals surface area contributed by atoms with Crippen molar-refractivity contribution in [3.05, 3.63) is 75.2 Å². The van der Waals surface area contributed by atoms with Gasteiger partial charge in [-0.2, -0.15) is 0 Å². The molecule has 1 aliphatic rings. The number of aromatic nitrogens is 3. The molecule has 1 unspecified atom stereocenters. The van der Waals surface area contributed by atoms with Crippen LogP contribution in [0.5, 0.6) is 0 Å². The molecule has 2 aromatic heterocycles. The Kier molecular flexibility index (Phi) is 7.48. The molecule has 0 bridgehead atoms. The van der Waals surface area contributed by atoms with Crippen LogP contribution in [0.1, 0.15) is 17.2 Å². The number of pyridine rings is 1. The number of benzene rings is 2. The SMILES string of the molecule is COCC1CN(c2cc(C)c3nc(-c4c(NC[C@@H](O)c5cccc(Cl)c5)cc[nH]c4=O)[nH]c3c2)CCO1. The number of hydrogen-bond donors (Lipinski definition) is 4. The van der Waals surface area contributed by atoms with Gasteiger partial charge in [0.2, 0.25) is 0 Å². The molecule has 0 radical (unpaired) electrons. The Morgan fingerprint density at radius 3 is 3.00 bits per heavy atom. The number of nitrogens with one attached hydrogen (secondary N) is 3. The molecule has 3 heterocycles. The first kappa shape index (κ1) is 25.3. The summed E-state index contributed by atoms with van der Waals surface area (Å²) >= 11 is 6.06. The largest absolute Gasteiger partial charge is 0.387 e. The van der Waals surface area contributed by atoms with E-state index in [0.29, 0.717) is 40.9 Å². The van der Waals surface area contributed by atoms with E-state index in [2.05, 4.69) is 32.3 Å². The second-order valence-electron chi connectivity index (χ2n) is 9.19. The number of anilines is 2. The van der Waals surface area contributed by atoms with Gasteiger partial charge in [-0.15, -0.1) is 0 Å². The molecule has 0 amide bonds. The molecule has 1 saturated heterocycles. The standard InChI is InChI=1S/C27H30ClN5O4/c1-16-10-19(33-8-9-37-20(14-33)15-36-2)12-22-25(16)32-26(31-22)24-21(6-7-29-27(24)35)30-13-23(34)17-4-3-5-18(28)11-17/h3-7,10-12,20,23,34H,8-9,13-15H2,1-2H3,(H,31,32)(H2,29,30,35)/t20?,23-/m1/s1. The third kappa shape index (κ3) is 5.50. The fourth-order valence-electron chi connectivity index (χ4n) is 4.71. The predicted octanol–water partition coefficient (Wildman–Crippen LogP) is 3.88. The van der Waals surface area contributed by atoms with Crippen molar-refractivity contribution >= 4 is 34.0 Å². The van der Waals surface area contributed by atoms with Crippen LogP contribution in [0.3, 0.4) is 0 Å². The van der Waals surface area contributed by atoms with Crippen molar-refractivity contribution in [2.45, 2.75) is 19.1 Å². The second-order valence-corrected chi connectivity index (χ2v) is 9.62. The molecular formula is C27H30ClN5O4. The van der Waals surface area contributed by atoms with Gasteiger partial charge in [-0.3, -0.25) is 4.79 Å². The number of H-pyrrole nitrogens is 2. The van der Waals surface area contributed by atoms with E-state index in [-0.39, 0.29) is 18.2 Å². The minimum Gasteiger partial charge on any atom is -0.387 e. The van der Waals surface area contributed by atoms with E-state index in [1.54, 1.807) is 37.6 Å². The first-order chi connectivity index (χ1) is 17.9. The number of ether oxygens (including phenoxy) is 2. The topological polar surface area (TPSA) is 115 Å². The highest BCUT2D eigenvalue weighted by Gasteiger charge is 2.22. The summed E-state index contributed by atoms with van der Waals surface area (Å²) in [5.74, 6) is 0.455. The van der Waals surface area contributed by atoms with E-state index in [1.165, 1.54) is 0 Å². The number of morpholine rings is 1. The first-order valence-electron chi connectivity index (χ1n) is 12.2. The number of halogens is 1. The van der Waals surface area contributed by atoms with Crippen LogP contribution in [0.2, 0.25) is 5.02 Å². The van der Waals surface area contributed by atoms with E-state index in [4.69, 9.17) is 26.1 Å². The molecule has 0 aliphatic carbocycles. The fourth-order valence-corrected chi connectivity index (χ4v) is 4.91. The third-order valence-corrected chi connectivity index (χ3v) is 6.77. The van der Waals surface area contributed by atoms with Gasteiger partial charge >= 0.3 is 0 Å². The van der Waals surface area contributed by atoms with Crippen LogP contribution in [-0.4, -0.2) is 66.1 Å². The minimum absolute atomic E-state index is 0.0193. The van der Waals surface area contributed by atoms with Crippen molar-refractivity contribution in [2.75, 3.05) is 50.2 Å². The maximum absolute atomic E-state index is 12.9. The number of rotatable bonds is 8. The number of fused-ring (bicyclic) bond motifs is 1. The summed E-state index contributed by atoms with van der Waals surface area (Å²) in [7, 11) is 1.68. The quantitative estimate of drug-likeness (QED) is 0.277. The average molecular weight is 524 g/mol. The van der Waals surface area contributed by atoms with Crippen molar-refractivity contribution in [1.29, 1.82) is 0 Å². The van der Waals surface area contributed by atoms with E-state index < -0.39 is 6.10 Å². The fraction of sp³-hybridized carbons (Fsp3) is 0.333. The summed E-state index contributed by atoms with van der Waals surface area (Å²) in [6.45, 7) is 4.91. The molecule has 1 fully saturated rings. The maximum Gasteiger partial charge on any atom is 0.261 e. The molecule has 1 aliphatic heterocycles. The molecule has 2 atom stereocenters. The monoisotopic (exact) mass is 523 g/mol. The molecule has 4 aromatic rings. The van der Waals surface area contributed by atoms with Crippen LogP contribution >= 0.6 is 11.6 Å². The smallest absolute Gasteiger partial charge is 0.261 e. The van der Waals surface area contributed by atoms with Crippen LogP contribution in [0.25, 0.3) is 22.4 Å². The summed E-state index contributed by atoms with van der Waals surface area (Å²) in [6, 6.07) is 13.0. The third-order valence-electron chi connectivity index (χ3n) is 6.54. The summed E-state index contributed by atoms with van der Waals surface area (Å²) in [4.78, 5) is 26.0. The molecular weight excluding hydrogens is 494 g/mol. The molecule has 2 aromatic carbocycles. The van der Waals surface area contributed by atoms with Gasteiger partial charge in [0.1, 0.15) is 11.4 Å². The maximum atomic E-state index is 12.9. The number of aliphatic hydroxyl groups is 1. The van der Waals surface area contributed by atoms with E-state index in [1.807, 2.05) is 13.0 Å². The summed E-state index contributed by atoms with van der Waals surface area (Å²) in [5.41, 5.74) is 5.06. The van der Waals surface area contributed by atoms with Crippen molar-refractivity contribution in [1.82, 2.24) is 15.0 Å². The number of methoxy groups -OCH3 is 1. The highest BCUT2D eigenvalue weighted by molar-refractivity contribution is 6.30. The minimum atomic E-state index is -0.804. The lowest BCUT2D eigenvalue weighted by molar-refractivity contribution is -0.0100. The number of imidazole rings is 1. The van der Waals surface area contributed by atoms with Gasteiger partial charge in [0.25, 0.3) is 5.56 Å². The van der Waals surface area contributed by atoms with Crippen molar-refractivity contribution in [3.63, 3.8) is 0 Å². The van der Waals surface area contributed by atoms with Gasteiger partial charge < -0.3 is 34.8 Å². The van der Waals surface area contributed by atoms with Crippen LogP contribution in [0.4, 0.5) is 11.4 Å². The Balaban J connectivity index is 1.43. The van der Waals surface area contributed by atoms with Gasteiger partial charge in [-0.25, -0.2) is 4.98 Å². The number of hydrogen-bond acceptors (Lipinski definition) is 7. The Bertz CT molecular complexity index is 1450. The van der Waals surface area contributed by atoms with Crippen LogP contribution < -0.4 is 15.8 Å². The summed E-state index contributed by atoms with van der Waals surface area (Å²) < 4.78 is 11.1. The predicted molar refractivity (Wildman–Crippen MR) is 146 cm³/mol. The van der Waals surface area contributed by atoms with E-state index in [0.717, 1.165) is 35.4 Å². The van der Waals surface area contributed by atoms with Crippen LogP contribution in [0, 0.1) is 6.92 Å². The molecule has 4 N–H and O–H groups in total. The second kappa shape index (κ2) is 10.9. The molecule has 0 saturated carbocycles. The zero-order valence-corrected chi connectivity index (χ0v) is 21.5. The number of aromatic amines is 2. The lowest BCUT2D eigenvalue weighted by Gasteiger charge is -2.34. The van der Waals surface area contributed by atoms with E-state index >= 15 is 0 Å². The van der Waals surface area contributed by atoms with Crippen LogP contribution in [0.15, 0.2) is 53.5 Å². The van der Waals surface area contributed by atoms with Gasteiger partial charge in [0.15, 0.2) is 0 Å². The van der Waals surface area contributed by atoms with Gasteiger partial charge in [0.05, 0.1) is 42.1 Å². The summed E-state index contributed by atoms with van der Waals surface area (Å²) in [5, 5.41) is 14.4. The number of nitrogens with zero attached hydrogens (tertiary/aromatic N) is 2. The molecule has 10 heteroatoms. The summed E-state index contributed by atoms with van der Waals surface area (Å²) in [6.07, 6.45) is 0.786. The first-order valence-corrected chi connectivity index (χ1v) is 12.6. The molecule has 9 nitrogen and oxygen atoms in total. The zero-order chi connectivity index (χ0) is 25.9. The molecule has 5 rings (SSSR count). The highest BCUT2D eigenvalue weighted by Crippen LogP contribution is 2.30. The van der Waals surface area contributed by atoms with Crippen molar-refractivity contribution in [2.24, 2.45) is 0 Å². The van der Waals surface area contributed by atoms with Gasteiger partial charge in [-0.1, -0.05) is 23.7 Å². The molecule has 37 heavy (non-hydrogen) atoms. The molecule has 0 spiro atoms. The van der Waals surface area contributed by atoms with Crippen LogP contribution in [-0.2, 0) is 9.47 Å². The zero-order valence-electron chi connectivity index (χ0n) is 20.8. The van der Waals surface area contributed by atoms with Crippen molar-refractivity contribution in [3.8, 4) is 11.4 Å². The highest BCUT2D eigenvalue weighted by atomic mass is 35.5. The number of aryl methyl sites for hydroxylation is 1. The Labute approximate surface area is 219 Å². The lowest BCUT2D eigenvalue weighted by Crippen LogP contribution is -2.44. The van der Waals surface area contributed by atoms with Crippen molar-refractivity contribution < 1.29 is 14.6 Å². The Hall–Kier alpha value is -3.37. The average Bonchev–Trinajstić information content (AvgIpc) is 3.32. The Morgan fingerprint density at radius 1 is 1.32 bits per heavy atom. The van der Waals surface area contributed by atoms with Gasteiger partial charge in [0, 0.05) is 43.7 Å². The molecule has 194 valence electrons. The normalized spacial score (nSPS) is 16.8.